The summed E-state index contributed by atoms with van der Waals surface area (Å²) in [4.78, 5) is 21.0. The third-order valence-corrected chi connectivity index (χ3v) is 2.10. The number of hydrogen-bond acceptors (Lipinski definition) is 2. The maximum Gasteiger partial charge on any atom is 0.219 e. The van der Waals surface area contributed by atoms with Gasteiger partial charge in [0.05, 0.1) is 0 Å². The molecular formula is C11H21NO2. The maximum absolute atomic E-state index is 11.0. The highest BCUT2D eigenvalue weighted by Gasteiger charge is 1.98. The molecule has 0 aromatic heterocycles. The van der Waals surface area contributed by atoms with Gasteiger partial charge in [0.2, 0.25) is 5.91 Å². The van der Waals surface area contributed by atoms with Gasteiger partial charge in [-0.2, -0.15) is 0 Å². The van der Waals surface area contributed by atoms with Crippen LogP contribution in [0.2, 0.25) is 0 Å². The Morgan fingerprint density at radius 2 is 1.79 bits per heavy atom. The van der Waals surface area contributed by atoms with E-state index in [-0.39, 0.29) is 5.91 Å². The van der Waals surface area contributed by atoms with E-state index in [1.165, 1.54) is 0 Å². The molecule has 82 valence electrons. The zero-order chi connectivity index (χ0) is 10.6. The van der Waals surface area contributed by atoms with Crippen molar-refractivity contribution in [1.82, 2.24) is 5.32 Å². The van der Waals surface area contributed by atoms with Crippen molar-refractivity contribution in [3.05, 3.63) is 0 Å². The standard InChI is InChI=1S/C11H21NO2/c1-2-12-11(14)9-7-5-3-4-6-8-10-13/h10H,2-9H2,1H3,(H,12,14). The summed E-state index contributed by atoms with van der Waals surface area (Å²) in [6.07, 6.45) is 7.57. The Balaban J connectivity index is 3.05. The Kier molecular flexibility index (Phi) is 9.59. The number of carbonyl (C=O) groups excluding carboxylic acids is 2. The Labute approximate surface area is 86.3 Å². The van der Waals surface area contributed by atoms with Gasteiger partial charge in [-0.05, 0) is 19.8 Å². The molecule has 0 aromatic rings. The molecule has 0 aromatic carbocycles. The molecule has 0 rings (SSSR count). The van der Waals surface area contributed by atoms with E-state index in [0.29, 0.717) is 12.8 Å². The summed E-state index contributed by atoms with van der Waals surface area (Å²) in [5, 5.41) is 2.77. The molecule has 0 fully saturated rings. The van der Waals surface area contributed by atoms with Crippen LogP contribution in [0.15, 0.2) is 0 Å². The molecule has 0 radical (unpaired) electrons. The van der Waals surface area contributed by atoms with Gasteiger partial charge in [-0.1, -0.05) is 19.3 Å². The van der Waals surface area contributed by atoms with Crippen molar-refractivity contribution in [2.45, 2.75) is 51.9 Å². The van der Waals surface area contributed by atoms with Gasteiger partial charge in [0.1, 0.15) is 6.29 Å². The summed E-state index contributed by atoms with van der Waals surface area (Å²) in [6, 6.07) is 0. The lowest BCUT2D eigenvalue weighted by Gasteiger charge is -2.01. The first kappa shape index (κ1) is 13.1. The first-order valence-electron chi connectivity index (χ1n) is 5.51. The molecular weight excluding hydrogens is 178 g/mol. The van der Waals surface area contributed by atoms with E-state index in [9.17, 15) is 9.59 Å². The quantitative estimate of drug-likeness (QED) is 0.456. The largest absolute Gasteiger partial charge is 0.356 e. The third-order valence-electron chi connectivity index (χ3n) is 2.10. The fourth-order valence-electron chi connectivity index (χ4n) is 1.33. The van der Waals surface area contributed by atoms with Crippen LogP contribution in [0.5, 0.6) is 0 Å². The molecule has 0 saturated heterocycles. The fraction of sp³-hybridized carbons (Fsp3) is 0.818. The highest BCUT2D eigenvalue weighted by atomic mass is 16.1. The number of rotatable bonds is 9. The lowest BCUT2D eigenvalue weighted by molar-refractivity contribution is -0.121. The van der Waals surface area contributed by atoms with Crippen molar-refractivity contribution in [1.29, 1.82) is 0 Å². The summed E-state index contributed by atoms with van der Waals surface area (Å²) in [5.41, 5.74) is 0. The predicted octanol–water partition coefficient (Wildman–Crippen LogP) is 2.05. The molecule has 0 unspecified atom stereocenters. The second kappa shape index (κ2) is 10.2. The smallest absolute Gasteiger partial charge is 0.219 e. The van der Waals surface area contributed by atoms with Crippen molar-refractivity contribution in [2.75, 3.05) is 6.54 Å². The maximum atomic E-state index is 11.0. The van der Waals surface area contributed by atoms with E-state index in [1.54, 1.807) is 0 Å². The molecule has 0 saturated carbocycles. The molecule has 0 bridgehead atoms. The van der Waals surface area contributed by atoms with Crippen LogP contribution in [0.25, 0.3) is 0 Å². The second-order valence-corrected chi connectivity index (χ2v) is 3.43. The zero-order valence-corrected chi connectivity index (χ0v) is 9.05. The zero-order valence-electron chi connectivity index (χ0n) is 9.05. The van der Waals surface area contributed by atoms with Crippen LogP contribution in [0.4, 0.5) is 0 Å². The summed E-state index contributed by atoms with van der Waals surface area (Å²) in [6.45, 7) is 2.65. The highest BCUT2D eigenvalue weighted by molar-refractivity contribution is 5.75. The molecule has 3 nitrogen and oxygen atoms in total. The van der Waals surface area contributed by atoms with E-state index < -0.39 is 0 Å². The van der Waals surface area contributed by atoms with Gasteiger partial charge in [-0.3, -0.25) is 4.79 Å². The summed E-state index contributed by atoms with van der Waals surface area (Å²) >= 11 is 0. The van der Waals surface area contributed by atoms with Crippen LogP contribution in [0.1, 0.15) is 51.9 Å². The Morgan fingerprint density at radius 1 is 1.14 bits per heavy atom. The first-order valence-corrected chi connectivity index (χ1v) is 5.51. The van der Waals surface area contributed by atoms with E-state index >= 15 is 0 Å². The number of nitrogens with one attached hydrogen (secondary N) is 1. The molecule has 3 heteroatoms. The van der Waals surface area contributed by atoms with Crippen molar-refractivity contribution >= 4 is 12.2 Å². The van der Waals surface area contributed by atoms with Crippen LogP contribution in [0.3, 0.4) is 0 Å². The fourth-order valence-corrected chi connectivity index (χ4v) is 1.33. The molecule has 1 N–H and O–H groups in total. The van der Waals surface area contributed by atoms with Gasteiger partial charge < -0.3 is 10.1 Å². The Bertz CT molecular complexity index is 157. The van der Waals surface area contributed by atoms with Gasteiger partial charge in [-0.25, -0.2) is 0 Å². The van der Waals surface area contributed by atoms with Crippen LogP contribution in [-0.4, -0.2) is 18.7 Å². The highest BCUT2D eigenvalue weighted by Crippen LogP contribution is 2.06. The second-order valence-electron chi connectivity index (χ2n) is 3.43. The minimum Gasteiger partial charge on any atom is -0.356 e. The number of carbonyl (C=O) groups is 2. The average molecular weight is 199 g/mol. The number of unbranched alkanes of at least 4 members (excludes halogenated alkanes) is 5. The van der Waals surface area contributed by atoms with Crippen molar-refractivity contribution in [3.8, 4) is 0 Å². The normalized spacial score (nSPS) is 9.79. The van der Waals surface area contributed by atoms with Gasteiger partial charge >= 0.3 is 0 Å². The average Bonchev–Trinajstić information content (AvgIpc) is 2.17. The van der Waals surface area contributed by atoms with Gasteiger partial charge in [-0.15, -0.1) is 0 Å². The summed E-state index contributed by atoms with van der Waals surface area (Å²) in [7, 11) is 0. The monoisotopic (exact) mass is 199 g/mol. The van der Waals surface area contributed by atoms with E-state index in [2.05, 4.69) is 5.32 Å². The SMILES string of the molecule is CCNC(=O)CCCCCCCC=O. The molecule has 0 aliphatic carbocycles. The van der Waals surface area contributed by atoms with Crippen LogP contribution in [0, 0.1) is 0 Å². The predicted molar refractivity (Wildman–Crippen MR) is 57.1 cm³/mol. The minimum atomic E-state index is 0.153. The molecule has 1 amide bonds. The topological polar surface area (TPSA) is 46.2 Å². The number of hydrogen-bond donors (Lipinski definition) is 1. The molecule has 0 spiro atoms. The number of aldehydes is 1. The van der Waals surface area contributed by atoms with Gasteiger partial charge in [0, 0.05) is 19.4 Å². The van der Waals surface area contributed by atoms with Crippen LogP contribution in [-0.2, 0) is 9.59 Å². The minimum absolute atomic E-state index is 0.153. The number of amides is 1. The molecule has 14 heavy (non-hydrogen) atoms. The van der Waals surface area contributed by atoms with E-state index in [1.807, 2.05) is 6.92 Å². The van der Waals surface area contributed by atoms with Crippen LogP contribution >= 0.6 is 0 Å². The van der Waals surface area contributed by atoms with Crippen molar-refractivity contribution < 1.29 is 9.59 Å². The lowest BCUT2D eigenvalue weighted by atomic mass is 10.1. The molecule has 0 atom stereocenters. The third kappa shape index (κ3) is 9.23. The van der Waals surface area contributed by atoms with Crippen molar-refractivity contribution in [2.24, 2.45) is 0 Å². The summed E-state index contributed by atoms with van der Waals surface area (Å²) < 4.78 is 0. The van der Waals surface area contributed by atoms with Crippen molar-refractivity contribution in [3.63, 3.8) is 0 Å². The Hall–Kier alpha value is -0.860. The van der Waals surface area contributed by atoms with E-state index in [4.69, 9.17) is 0 Å². The van der Waals surface area contributed by atoms with Gasteiger partial charge in [0.25, 0.3) is 0 Å². The molecule has 0 aliphatic rings. The Morgan fingerprint density at radius 3 is 2.43 bits per heavy atom. The molecule has 0 aliphatic heterocycles. The van der Waals surface area contributed by atoms with E-state index in [0.717, 1.165) is 44.9 Å². The van der Waals surface area contributed by atoms with Gasteiger partial charge in [0.15, 0.2) is 0 Å². The van der Waals surface area contributed by atoms with Crippen LogP contribution < -0.4 is 5.32 Å². The summed E-state index contributed by atoms with van der Waals surface area (Å²) in [5.74, 6) is 0.153. The lowest BCUT2D eigenvalue weighted by Crippen LogP contribution is -2.21. The first-order chi connectivity index (χ1) is 6.81. The molecule has 0 heterocycles.